The number of anilines is 2. The minimum absolute atomic E-state index is 0.173. The van der Waals surface area contributed by atoms with Gasteiger partial charge in [0.15, 0.2) is 0 Å². The molecule has 0 saturated carbocycles. The maximum absolute atomic E-state index is 5.82. The van der Waals surface area contributed by atoms with Crippen molar-refractivity contribution in [1.29, 1.82) is 0 Å². The van der Waals surface area contributed by atoms with Crippen LogP contribution >= 0.6 is 11.6 Å². The molecule has 94 valence electrons. The molecule has 0 radical (unpaired) electrons. The third-order valence-electron chi connectivity index (χ3n) is 2.21. The minimum Gasteiger partial charge on any atom is -0.379 e. The second-order valence-corrected chi connectivity index (χ2v) is 3.83. The van der Waals surface area contributed by atoms with Crippen LogP contribution in [0.4, 0.5) is 11.9 Å². The predicted octanol–water partition coefficient (Wildman–Crippen LogP) is 0.616. The van der Waals surface area contributed by atoms with Gasteiger partial charge in [-0.2, -0.15) is 15.0 Å². The maximum Gasteiger partial charge on any atom is 0.243 e. The van der Waals surface area contributed by atoms with Gasteiger partial charge in [0.2, 0.25) is 17.2 Å². The Bertz CT molecular complexity index is 371. The molecule has 2 rings (SSSR count). The van der Waals surface area contributed by atoms with Gasteiger partial charge in [-0.05, 0) is 18.5 Å². The van der Waals surface area contributed by atoms with Gasteiger partial charge in [-0.15, -0.1) is 0 Å². The summed E-state index contributed by atoms with van der Waals surface area (Å²) in [5.41, 5.74) is 3.09. The van der Waals surface area contributed by atoms with Gasteiger partial charge in [0.05, 0.1) is 13.2 Å². The van der Waals surface area contributed by atoms with Crippen molar-refractivity contribution < 1.29 is 4.74 Å². The fraction of sp³-hybridized carbons (Fsp3) is 0.667. The number of nitrogens with one attached hydrogen (secondary N) is 2. The lowest BCUT2D eigenvalue weighted by Crippen LogP contribution is -2.40. The van der Waals surface area contributed by atoms with E-state index in [2.05, 4.69) is 25.7 Å². The summed E-state index contributed by atoms with van der Waals surface area (Å²) in [6.45, 7) is 5.68. The van der Waals surface area contributed by atoms with Crippen LogP contribution in [0.3, 0.4) is 0 Å². The third kappa shape index (κ3) is 3.65. The topological polar surface area (TPSA) is 75.2 Å². The summed E-state index contributed by atoms with van der Waals surface area (Å²) >= 11 is 5.82. The zero-order valence-electron chi connectivity index (χ0n) is 9.61. The van der Waals surface area contributed by atoms with Gasteiger partial charge in [0.25, 0.3) is 0 Å². The van der Waals surface area contributed by atoms with Crippen LogP contribution in [0.25, 0.3) is 0 Å². The van der Waals surface area contributed by atoms with E-state index in [1.54, 1.807) is 0 Å². The first-order valence-electron chi connectivity index (χ1n) is 5.52. The number of aromatic nitrogens is 3. The van der Waals surface area contributed by atoms with Crippen molar-refractivity contribution in [2.24, 2.45) is 0 Å². The number of halogens is 1. The van der Waals surface area contributed by atoms with Gasteiger partial charge < -0.3 is 10.1 Å². The van der Waals surface area contributed by atoms with E-state index < -0.39 is 0 Å². The number of ether oxygens (including phenoxy) is 1. The molecule has 7 nitrogen and oxygen atoms in total. The summed E-state index contributed by atoms with van der Waals surface area (Å²) in [6, 6.07) is 0. The molecule has 1 saturated heterocycles. The Kier molecular flexibility index (Phi) is 4.29. The number of nitrogens with zero attached hydrogens (tertiary/aromatic N) is 4. The summed E-state index contributed by atoms with van der Waals surface area (Å²) < 4.78 is 5.25. The summed E-state index contributed by atoms with van der Waals surface area (Å²) in [7, 11) is 0. The molecule has 0 atom stereocenters. The van der Waals surface area contributed by atoms with E-state index in [1.807, 2.05) is 11.9 Å². The number of rotatable bonds is 4. The molecule has 1 aliphatic heterocycles. The molecule has 17 heavy (non-hydrogen) atoms. The van der Waals surface area contributed by atoms with Gasteiger partial charge >= 0.3 is 0 Å². The highest BCUT2D eigenvalue weighted by Gasteiger charge is 2.12. The van der Waals surface area contributed by atoms with E-state index in [0.717, 1.165) is 19.6 Å². The zero-order chi connectivity index (χ0) is 12.1. The summed E-state index contributed by atoms with van der Waals surface area (Å²) in [5.74, 6) is 0.922. The molecular weight excluding hydrogens is 244 g/mol. The lowest BCUT2D eigenvalue weighted by atomic mass is 10.5. The highest BCUT2D eigenvalue weighted by molar-refractivity contribution is 6.28. The van der Waals surface area contributed by atoms with Crippen molar-refractivity contribution in [1.82, 2.24) is 20.0 Å². The molecule has 0 amide bonds. The molecule has 1 aliphatic rings. The Labute approximate surface area is 105 Å². The van der Waals surface area contributed by atoms with Crippen LogP contribution in [0.5, 0.6) is 0 Å². The highest BCUT2D eigenvalue weighted by atomic mass is 35.5. The lowest BCUT2D eigenvalue weighted by molar-refractivity contribution is 0.0492. The summed E-state index contributed by atoms with van der Waals surface area (Å²) in [4.78, 5) is 12.2. The number of morpholine rings is 1. The molecule has 1 fully saturated rings. The van der Waals surface area contributed by atoms with Gasteiger partial charge in [-0.3, -0.25) is 5.43 Å². The second-order valence-electron chi connectivity index (χ2n) is 3.49. The van der Waals surface area contributed by atoms with E-state index in [4.69, 9.17) is 16.3 Å². The maximum atomic E-state index is 5.82. The van der Waals surface area contributed by atoms with Gasteiger partial charge in [-0.25, -0.2) is 5.01 Å². The van der Waals surface area contributed by atoms with E-state index in [0.29, 0.717) is 25.1 Å². The zero-order valence-corrected chi connectivity index (χ0v) is 10.4. The summed E-state index contributed by atoms with van der Waals surface area (Å²) in [6.07, 6.45) is 0. The van der Waals surface area contributed by atoms with Gasteiger partial charge in [0, 0.05) is 19.6 Å². The Hall–Kier alpha value is -1.18. The number of hydrogen-bond donors (Lipinski definition) is 2. The number of hydrogen-bond acceptors (Lipinski definition) is 7. The minimum atomic E-state index is 0.173. The monoisotopic (exact) mass is 258 g/mol. The van der Waals surface area contributed by atoms with Crippen molar-refractivity contribution >= 4 is 23.5 Å². The number of hydrazine groups is 1. The quantitative estimate of drug-likeness (QED) is 0.820. The fourth-order valence-electron chi connectivity index (χ4n) is 1.45. The second kappa shape index (κ2) is 5.95. The Morgan fingerprint density at radius 1 is 1.24 bits per heavy atom. The van der Waals surface area contributed by atoms with Crippen molar-refractivity contribution in [3.63, 3.8) is 0 Å². The highest BCUT2D eigenvalue weighted by Crippen LogP contribution is 2.10. The molecule has 8 heteroatoms. The molecular formula is C9H15ClN6O. The predicted molar refractivity (Wildman–Crippen MR) is 65.0 cm³/mol. The van der Waals surface area contributed by atoms with Crippen LogP contribution in [0.15, 0.2) is 0 Å². The van der Waals surface area contributed by atoms with Crippen LogP contribution in [0.2, 0.25) is 5.28 Å². The van der Waals surface area contributed by atoms with Crippen LogP contribution in [-0.4, -0.2) is 52.8 Å². The van der Waals surface area contributed by atoms with Crippen molar-refractivity contribution in [2.45, 2.75) is 6.92 Å². The Balaban J connectivity index is 2.03. The van der Waals surface area contributed by atoms with E-state index in [1.165, 1.54) is 0 Å². The first-order chi connectivity index (χ1) is 8.28. The first-order valence-corrected chi connectivity index (χ1v) is 5.90. The lowest BCUT2D eigenvalue weighted by Gasteiger charge is -2.26. The molecule has 1 aromatic rings. The largest absolute Gasteiger partial charge is 0.379 e. The van der Waals surface area contributed by atoms with E-state index in [-0.39, 0.29) is 5.28 Å². The van der Waals surface area contributed by atoms with Crippen LogP contribution in [-0.2, 0) is 4.74 Å². The first kappa shape index (κ1) is 12.3. The Morgan fingerprint density at radius 3 is 2.65 bits per heavy atom. The van der Waals surface area contributed by atoms with Gasteiger partial charge in [0.1, 0.15) is 0 Å². The molecule has 0 bridgehead atoms. The molecule has 2 N–H and O–H groups in total. The SMILES string of the molecule is CCNc1nc(Cl)nc(NN2CCOCC2)n1. The summed E-state index contributed by atoms with van der Waals surface area (Å²) in [5, 5.41) is 5.16. The average Bonchev–Trinajstić information content (AvgIpc) is 2.30. The molecule has 0 aliphatic carbocycles. The van der Waals surface area contributed by atoms with Crippen molar-refractivity contribution in [2.75, 3.05) is 43.6 Å². The van der Waals surface area contributed by atoms with Crippen LogP contribution < -0.4 is 10.7 Å². The van der Waals surface area contributed by atoms with E-state index in [9.17, 15) is 0 Å². The smallest absolute Gasteiger partial charge is 0.243 e. The molecule has 1 aromatic heterocycles. The van der Waals surface area contributed by atoms with Crippen molar-refractivity contribution in [3.8, 4) is 0 Å². The molecule has 0 spiro atoms. The Morgan fingerprint density at radius 2 is 1.94 bits per heavy atom. The average molecular weight is 259 g/mol. The fourth-order valence-corrected chi connectivity index (χ4v) is 1.61. The van der Waals surface area contributed by atoms with Crippen LogP contribution in [0.1, 0.15) is 6.92 Å². The normalized spacial score (nSPS) is 16.8. The third-order valence-corrected chi connectivity index (χ3v) is 2.38. The molecule has 0 unspecified atom stereocenters. The standard InChI is InChI=1S/C9H15ClN6O/c1-2-11-8-12-7(10)13-9(14-8)15-16-3-5-17-6-4-16/h2-6H2,1H3,(H2,11,12,13,14,15). The van der Waals surface area contributed by atoms with Gasteiger partial charge in [-0.1, -0.05) is 0 Å². The van der Waals surface area contributed by atoms with E-state index >= 15 is 0 Å². The van der Waals surface area contributed by atoms with Crippen molar-refractivity contribution in [3.05, 3.63) is 5.28 Å². The molecule has 0 aromatic carbocycles. The van der Waals surface area contributed by atoms with Crippen LogP contribution in [0, 0.1) is 0 Å². The molecule has 2 heterocycles.